The molecule has 3 heterocycles. The average molecular weight is 413 g/mol. The number of aliphatic hydroxyl groups excluding tert-OH is 1. The van der Waals surface area contributed by atoms with Crippen molar-refractivity contribution in [3.05, 3.63) is 41.9 Å². The van der Waals surface area contributed by atoms with Gasteiger partial charge < -0.3 is 14.4 Å². The molecule has 2 aromatic rings. The van der Waals surface area contributed by atoms with Crippen molar-refractivity contribution >= 4 is 6.09 Å². The van der Waals surface area contributed by atoms with Crippen LogP contribution in [0.2, 0.25) is 0 Å². The first-order chi connectivity index (χ1) is 14.3. The Hall–Kier alpha value is -2.38. The molecule has 0 unspecified atom stereocenters. The van der Waals surface area contributed by atoms with Gasteiger partial charge in [0.1, 0.15) is 11.4 Å². The maximum absolute atomic E-state index is 12.4. The molecule has 30 heavy (non-hydrogen) atoms. The van der Waals surface area contributed by atoms with E-state index in [-0.39, 0.29) is 18.7 Å². The number of ether oxygens (including phenoxy) is 1. The predicted octanol–water partition coefficient (Wildman–Crippen LogP) is 3.26. The number of imidazole rings is 1. The van der Waals surface area contributed by atoms with Crippen LogP contribution in [-0.2, 0) is 24.4 Å². The zero-order chi connectivity index (χ0) is 21.3. The van der Waals surface area contributed by atoms with E-state index in [1.165, 1.54) is 5.56 Å². The minimum Gasteiger partial charge on any atom is -0.444 e. The summed E-state index contributed by atoms with van der Waals surface area (Å²) in [6, 6.07) is 8.84. The Morgan fingerprint density at radius 3 is 2.87 bits per heavy atom. The highest BCUT2D eigenvalue weighted by atomic mass is 16.6. The highest BCUT2D eigenvalue weighted by Crippen LogP contribution is 2.27. The molecular weight excluding hydrogens is 380 g/mol. The van der Waals surface area contributed by atoms with E-state index >= 15 is 0 Å². The van der Waals surface area contributed by atoms with E-state index in [0.717, 1.165) is 43.0 Å². The Balaban J connectivity index is 1.49. The summed E-state index contributed by atoms with van der Waals surface area (Å²) in [4.78, 5) is 21.1. The summed E-state index contributed by atoms with van der Waals surface area (Å²) in [5.41, 5.74) is 2.96. The summed E-state index contributed by atoms with van der Waals surface area (Å²) in [5, 5.41) is 9.58. The number of fused-ring (bicyclic) bond motifs is 1. The first kappa shape index (κ1) is 20.9. The van der Waals surface area contributed by atoms with Gasteiger partial charge in [-0.05, 0) is 51.8 Å². The second kappa shape index (κ2) is 8.40. The van der Waals surface area contributed by atoms with Gasteiger partial charge >= 0.3 is 6.09 Å². The fraction of sp³-hybridized carbons (Fsp3) is 0.565. The molecule has 0 saturated carbocycles. The summed E-state index contributed by atoms with van der Waals surface area (Å²) in [7, 11) is 0. The molecule has 7 heteroatoms. The van der Waals surface area contributed by atoms with Crippen molar-refractivity contribution < 1.29 is 14.6 Å². The number of aliphatic hydroxyl groups is 1. The number of benzene rings is 1. The van der Waals surface area contributed by atoms with Crippen LogP contribution in [0.3, 0.4) is 0 Å². The van der Waals surface area contributed by atoms with E-state index in [1.807, 2.05) is 27.0 Å². The number of carbonyl (C=O) groups excluding carboxylic acids is 1. The second-order valence-corrected chi connectivity index (χ2v) is 9.26. The highest BCUT2D eigenvalue weighted by Gasteiger charge is 2.28. The van der Waals surface area contributed by atoms with E-state index in [2.05, 4.69) is 38.7 Å². The Morgan fingerprint density at radius 1 is 1.27 bits per heavy atom. The van der Waals surface area contributed by atoms with Crippen LogP contribution in [0.5, 0.6) is 0 Å². The molecule has 1 N–H and O–H groups in total. The Labute approximate surface area is 178 Å². The quantitative estimate of drug-likeness (QED) is 0.835. The lowest BCUT2D eigenvalue weighted by Crippen LogP contribution is -2.41. The number of aromatic nitrogens is 2. The van der Waals surface area contributed by atoms with Crippen LogP contribution in [-0.4, -0.2) is 61.9 Å². The van der Waals surface area contributed by atoms with Crippen molar-refractivity contribution in [2.45, 2.75) is 64.9 Å². The van der Waals surface area contributed by atoms with Crippen molar-refractivity contribution in [3.63, 3.8) is 0 Å². The van der Waals surface area contributed by atoms with Crippen LogP contribution in [0.15, 0.2) is 30.5 Å². The normalized spacial score (nSPS) is 19.7. The molecule has 0 bridgehead atoms. The third-order valence-electron chi connectivity index (χ3n) is 5.83. The molecule has 1 saturated heterocycles. The first-order valence-corrected chi connectivity index (χ1v) is 10.8. The van der Waals surface area contributed by atoms with Crippen LogP contribution >= 0.6 is 0 Å². The molecule has 2 aliphatic heterocycles. The first-order valence-electron chi connectivity index (χ1n) is 10.8. The summed E-state index contributed by atoms with van der Waals surface area (Å²) < 4.78 is 7.71. The fourth-order valence-electron chi connectivity index (χ4n) is 4.35. The minimum absolute atomic E-state index is 0.226. The van der Waals surface area contributed by atoms with Gasteiger partial charge in [-0.15, -0.1) is 0 Å². The van der Waals surface area contributed by atoms with Gasteiger partial charge in [0.2, 0.25) is 0 Å². The molecule has 1 fully saturated rings. The number of nitrogens with zero attached hydrogens (tertiary/aromatic N) is 4. The third kappa shape index (κ3) is 4.52. The Bertz CT molecular complexity index is 902. The van der Waals surface area contributed by atoms with E-state index in [4.69, 9.17) is 4.74 Å². The van der Waals surface area contributed by atoms with Crippen LogP contribution in [0.1, 0.15) is 45.0 Å². The standard InChI is InChI=1S/C23H32N4O3/c1-23(2,3)30-22(29)26-10-11-27-20(13-24-21(27)15-26)18-7-4-6-17(12-18)14-25-9-5-8-19(25)16-28/h4,6-7,12-13,19,28H,5,8-11,14-16H2,1-3H3/t19-/m0/s1. The van der Waals surface area contributed by atoms with Gasteiger partial charge in [0.25, 0.3) is 0 Å². The average Bonchev–Trinajstić information content (AvgIpc) is 3.32. The van der Waals surface area contributed by atoms with Crippen molar-refractivity contribution in [2.24, 2.45) is 0 Å². The fourth-order valence-corrected chi connectivity index (χ4v) is 4.35. The maximum atomic E-state index is 12.4. The zero-order valence-electron chi connectivity index (χ0n) is 18.2. The second-order valence-electron chi connectivity index (χ2n) is 9.26. The topological polar surface area (TPSA) is 70.8 Å². The molecule has 0 aliphatic carbocycles. The number of likely N-dealkylation sites (tertiary alicyclic amines) is 1. The molecule has 4 rings (SSSR count). The SMILES string of the molecule is CC(C)(C)OC(=O)N1CCn2c(-c3cccc(CN4CCC[C@H]4CO)c3)cnc2C1. The molecule has 1 amide bonds. The molecule has 0 radical (unpaired) electrons. The van der Waals surface area contributed by atoms with Gasteiger partial charge in [-0.3, -0.25) is 9.80 Å². The number of rotatable bonds is 4. The summed E-state index contributed by atoms with van der Waals surface area (Å²) in [5.74, 6) is 0.882. The van der Waals surface area contributed by atoms with Gasteiger partial charge in [0, 0.05) is 31.2 Å². The van der Waals surface area contributed by atoms with Gasteiger partial charge in [-0.1, -0.05) is 18.2 Å². The van der Waals surface area contributed by atoms with Crippen LogP contribution in [0.4, 0.5) is 4.79 Å². The molecule has 162 valence electrons. The van der Waals surface area contributed by atoms with Crippen molar-refractivity contribution in [1.82, 2.24) is 19.4 Å². The molecule has 1 aromatic heterocycles. The minimum atomic E-state index is -0.500. The third-order valence-corrected chi connectivity index (χ3v) is 5.83. The van der Waals surface area contributed by atoms with Gasteiger partial charge in [-0.2, -0.15) is 0 Å². The van der Waals surface area contributed by atoms with E-state index in [1.54, 1.807) is 4.90 Å². The molecule has 2 aliphatic rings. The molecule has 1 aromatic carbocycles. The van der Waals surface area contributed by atoms with Crippen molar-refractivity contribution in [2.75, 3.05) is 19.7 Å². The Kier molecular flexibility index (Phi) is 5.84. The van der Waals surface area contributed by atoms with E-state index in [9.17, 15) is 9.90 Å². The van der Waals surface area contributed by atoms with Gasteiger partial charge in [0.15, 0.2) is 0 Å². The highest BCUT2D eigenvalue weighted by molar-refractivity contribution is 5.68. The number of hydrogen-bond donors (Lipinski definition) is 1. The monoisotopic (exact) mass is 412 g/mol. The number of carbonyl (C=O) groups is 1. The molecular formula is C23H32N4O3. The lowest BCUT2D eigenvalue weighted by Gasteiger charge is -2.31. The number of hydrogen-bond acceptors (Lipinski definition) is 5. The van der Waals surface area contributed by atoms with E-state index < -0.39 is 5.60 Å². The van der Waals surface area contributed by atoms with Crippen molar-refractivity contribution in [1.29, 1.82) is 0 Å². The molecule has 0 spiro atoms. The summed E-state index contributed by atoms with van der Waals surface area (Å²) >= 11 is 0. The zero-order valence-corrected chi connectivity index (χ0v) is 18.2. The van der Waals surface area contributed by atoms with E-state index in [0.29, 0.717) is 19.6 Å². The lowest BCUT2D eigenvalue weighted by molar-refractivity contribution is 0.0196. The summed E-state index contributed by atoms with van der Waals surface area (Å²) in [6.07, 6.45) is 3.83. The molecule has 1 atom stereocenters. The largest absolute Gasteiger partial charge is 0.444 e. The smallest absolute Gasteiger partial charge is 0.410 e. The molecule has 7 nitrogen and oxygen atoms in total. The van der Waals surface area contributed by atoms with Gasteiger partial charge in [0.05, 0.1) is 25.0 Å². The number of amides is 1. The summed E-state index contributed by atoms with van der Waals surface area (Å²) in [6.45, 7) is 9.53. The van der Waals surface area contributed by atoms with Crippen LogP contribution in [0.25, 0.3) is 11.3 Å². The van der Waals surface area contributed by atoms with Crippen LogP contribution < -0.4 is 0 Å². The predicted molar refractivity (Wildman–Crippen MR) is 115 cm³/mol. The Morgan fingerprint density at radius 2 is 2.10 bits per heavy atom. The lowest BCUT2D eigenvalue weighted by atomic mass is 10.1. The van der Waals surface area contributed by atoms with Crippen molar-refractivity contribution in [3.8, 4) is 11.3 Å². The maximum Gasteiger partial charge on any atom is 0.410 e. The van der Waals surface area contributed by atoms with Crippen LogP contribution in [0, 0.1) is 0 Å². The van der Waals surface area contributed by atoms with Gasteiger partial charge in [-0.25, -0.2) is 9.78 Å².